The summed E-state index contributed by atoms with van der Waals surface area (Å²) in [5, 5.41) is 5.90. The molecule has 0 unspecified atom stereocenters. The zero-order valence-electron chi connectivity index (χ0n) is 17.2. The van der Waals surface area contributed by atoms with Gasteiger partial charge in [-0.15, -0.1) is 0 Å². The minimum Gasteiger partial charge on any atom is -0.489 e. The van der Waals surface area contributed by atoms with E-state index in [2.05, 4.69) is 77.9 Å². The third-order valence-corrected chi connectivity index (χ3v) is 4.94. The summed E-state index contributed by atoms with van der Waals surface area (Å²) in [5.74, 6) is 1.56. The second-order valence-electron chi connectivity index (χ2n) is 7.23. The van der Waals surface area contributed by atoms with Gasteiger partial charge in [0.1, 0.15) is 19.0 Å². The molecule has 0 aliphatic rings. The van der Waals surface area contributed by atoms with E-state index in [9.17, 15) is 0 Å². The van der Waals surface area contributed by atoms with Gasteiger partial charge in [-0.1, -0.05) is 66.2 Å². The van der Waals surface area contributed by atoms with Gasteiger partial charge in [-0.05, 0) is 35.4 Å². The SMILES string of the molecule is Cc1cccc(COc2ccc3ccccc3c2CNCCOc2ccccn2)c1. The highest BCUT2D eigenvalue weighted by Crippen LogP contribution is 2.28. The van der Waals surface area contributed by atoms with Crippen molar-refractivity contribution < 1.29 is 9.47 Å². The number of aryl methyl sites for hydroxylation is 1. The Morgan fingerprint density at radius 2 is 1.77 bits per heavy atom. The van der Waals surface area contributed by atoms with Crippen LogP contribution in [0.15, 0.2) is 85.1 Å². The predicted octanol–water partition coefficient (Wildman–Crippen LogP) is 5.29. The quantitative estimate of drug-likeness (QED) is 0.389. The van der Waals surface area contributed by atoms with Crippen LogP contribution in [0, 0.1) is 6.92 Å². The van der Waals surface area contributed by atoms with E-state index in [1.165, 1.54) is 27.5 Å². The number of ether oxygens (including phenoxy) is 2. The number of nitrogens with zero attached hydrogens (tertiary/aromatic N) is 1. The van der Waals surface area contributed by atoms with Crippen LogP contribution in [-0.2, 0) is 13.2 Å². The molecule has 3 aromatic carbocycles. The smallest absolute Gasteiger partial charge is 0.213 e. The van der Waals surface area contributed by atoms with Gasteiger partial charge >= 0.3 is 0 Å². The van der Waals surface area contributed by atoms with Crippen LogP contribution in [0.3, 0.4) is 0 Å². The summed E-state index contributed by atoms with van der Waals surface area (Å²) < 4.78 is 11.9. The summed E-state index contributed by atoms with van der Waals surface area (Å²) in [6, 6.07) is 26.7. The first kappa shape index (κ1) is 19.9. The average Bonchev–Trinajstić information content (AvgIpc) is 2.78. The van der Waals surface area contributed by atoms with Gasteiger partial charge in [-0.3, -0.25) is 0 Å². The molecule has 1 aromatic heterocycles. The molecule has 0 aliphatic carbocycles. The minimum atomic E-state index is 0.551. The summed E-state index contributed by atoms with van der Waals surface area (Å²) >= 11 is 0. The van der Waals surface area contributed by atoms with Crippen molar-refractivity contribution in [2.45, 2.75) is 20.1 Å². The van der Waals surface area contributed by atoms with Crippen LogP contribution < -0.4 is 14.8 Å². The molecule has 0 fully saturated rings. The Hall–Kier alpha value is -3.37. The van der Waals surface area contributed by atoms with Crippen LogP contribution in [0.2, 0.25) is 0 Å². The Kier molecular flexibility index (Phi) is 6.58. The van der Waals surface area contributed by atoms with Crippen molar-refractivity contribution in [2.75, 3.05) is 13.2 Å². The maximum atomic E-state index is 6.23. The molecule has 4 rings (SSSR count). The summed E-state index contributed by atoms with van der Waals surface area (Å²) in [4.78, 5) is 4.18. The lowest BCUT2D eigenvalue weighted by Crippen LogP contribution is -2.21. The Morgan fingerprint density at radius 3 is 2.63 bits per heavy atom. The standard InChI is InChI=1S/C26H26N2O2/c1-20-7-6-8-21(17-20)19-30-25-13-12-22-9-2-3-10-23(22)24(25)18-27-15-16-29-26-11-4-5-14-28-26/h2-14,17,27H,15-16,18-19H2,1H3. The monoisotopic (exact) mass is 398 g/mol. The van der Waals surface area contributed by atoms with Gasteiger partial charge in [0.15, 0.2) is 0 Å². The minimum absolute atomic E-state index is 0.551. The fraction of sp³-hybridized carbons (Fsp3) is 0.192. The number of rotatable bonds is 9. The highest BCUT2D eigenvalue weighted by molar-refractivity contribution is 5.87. The third-order valence-electron chi connectivity index (χ3n) is 4.94. The molecule has 0 atom stereocenters. The number of hydrogen-bond donors (Lipinski definition) is 1. The molecule has 0 saturated carbocycles. The van der Waals surface area contributed by atoms with Gasteiger partial charge in [0.25, 0.3) is 0 Å². The molecule has 0 amide bonds. The molecule has 0 spiro atoms. The number of pyridine rings is 1. The van der Waals surface area contributed by atoms with Crippen molar-refractivity contribution in [3.63, 3.8) is 0 Å². The third kappa shape index (κ3) is 5.16. The van der Waals surface area contributed by atoms with E-state index >= 15 is 0 Å². The second-order valence-corrected chi connectivity index (χ2v) is 7.23. The molecule has 4 nitrogen and oxygen atoms in total. The molecule has 30 heavy (non-hydrogen) atoms. The molecule has 152 valence electrons. The Bertz CT molecular complexity index is 1100. The fourth-order valence-electron chi connectivity index (χ4n) is 3.47. The summed E-state index contributed by atoms with van der Waals surface area (Å²) in [7, 11) is 0. The fourth-order valence-corrected chi connectivity index (χ4v) is 3.47. The van der Waals surface area contributed by atoms with Gasteiger partial charge in [0.2, 0.25) is 5.88 Å². The molecule has 0 radical (unpaired) electrons. The average molecular weight is 399 g/mol. The molecule has 4 aromatic rings. The van der Waals surface area contributed by atoms with Crippen molar-refractivity contribution in [1.29, 1.82) is 0 Å². The molecule has 0 aliphatic heterocycles. The van der Waals surface area contributed by atoms with E-state index in [-0.39, 0.29) is 0 Å². The summed E-state index contributed by atoms with van der Waals surface area (Å²) in [6.45, 7) is 4.63. The lowest BCUT2D eigenvalue weighted by atomic mass is 10.0. The van der Waals surface area contributed by atoms with E-state index in [1.54, 1.807) is 6.20 Å². The highest BCUT2D eigenvalue weighted by Gasteiger charge is 2.09. The maximum absolute atomic E-state index is 6.23. The lowest BCUT2D eigenvalue weighted by molar-refractivity contribution is 0.295. The van der Waals surface area contributed by atoms with Gasteiger partial charge < -0.3 is 14.8 Å². The Morgan fingerprint density at radius 1 is 0.867 bits per heavy atom. The van der Waals surface area contributed by atoms with Crippen molar-refractivity contribution >= 4 is 10.8 Å². The van der Waals surface area contributed by atoms with Gasteiger partial charge in [0.05, 0.1) is 0 Å². The lowest BCUT2D eigenvalue weighted by Gasteiger charge is -2.15. The first-order valence-electron chi connectivity index (χ1n) is 10.2. The van der Waals surface area contributed by atoms with Crippen LogP contribution >= 0.6 is 0 Å². The Balaban J connectivity index is 1.43. The molecule has 1 heterocycles. The molecular formula is C26H26N2O2. The van der Waals surface area contributed by atoms with Crippen LogP contribution in [0.25, 0.3) is 10.8 Å². The van der Waals surface area contributed by atoms with Crippen LogP contribution in [-0.4, -0.2) is 18.1 Å². The zero-order valence-corrected chi connectivity index (χ0v) is 17.2. The van der Waals surface area contributed by atoms with Crippen LogP contribution in [0.5, 0.6) is 11.6 Å². The molecule has 1 N–H and O–H groups in total. The number of hydrogen-bond acceptors (Lipinski definition) is 4. The highest BCUT2D eigenvalue weighted by atomic mass is 16.5. The number of benzene rings is 3. The topological polar surface area (TPSA) is 43.4 Å². The van der Waals surface area contributed by atoms with E-state index in [0.29, 0.717) is 25.6 Å². The van der Waals surface area contributed by atoms with E-state index in [0.717, 1.165) is 12.3 Å². The van der Waals surface area contributed by atoms with E-state index in [1.807, 2.05) is 18.2 Å². The van der Waals surface area contributed by atoms with Gasteiger partial charge in [-0.2, -0.15) is 0 Å². The first-order valence-corrected chi connectivity index (χ1v) is 10.2. The Labute approximate surface area is 177 Å². The maximum Gasteiger partial charge on any atom is 0.213 e. The molecule has 4 heteroatoms. The molecule has 0 bridgehead atoms. The van der Waals surface area contributed by atoms with E-state index in [4.69, 9.17) is 9.47 Å². The van der Waals surface area contributed by atoms with Crippen LogP contribution in [0.4, 0.5) is 0 Å². The van der Waals surface area contributed by atoms with Gasteiger partial charge in [-0.25, -0.2) is 4.98 Å². The van der Waals surface area contributed by atoms with Gasteiger partial charge in [0, 0.05) is 30.9 Å². The first-order chi connectivity index (χ1) is 14.8. The number of nitrogens with one attached hydrogen (secondary N) is 1. The molecule has 0 saturated heterocycles. The summed E-state index contributed by atoms with van der Waals surface area (Å²) in [6.07, 6.45) is 1.73. The zero-order chi connectivity index (χ0) is 20.6. The van der Waals surface area contributed by atoms with Crippen molar-refractivity contribution in [2.24, 2.45) is 0 Å². The van der Waals surface area contributed by atoms with Crippen molar-refractivity contribution in [3.8, 4) is 11.6 Å². The van der Waals surface area contributed by atoms with E-state index < -0.39 is 0 Å². The largest absolute Gasteiger partial charge is 0.489 e. The normalized spacial score (nSPS) is 10.8. The number of fused-ring (bicyclic) bond motifs is 1. The predicted molar refractivity (Wildman–Crippen MR) is 121 cm³/mol. The summed E-state index contributed by atoms with van der Waals surface area (Å²) in [5.41, 5.74) is 3.58. The van der Waals surface area contributed by atoms with Crippen LogP contribution in [0.1, 0.15) is 16.7 Å². The number of aromatic nitrogens is 1. The van der Waals surface area contributed by atoms with Crippen molar-refractivity contribution in [3.05, 3.63) is 102 Å². The van der Waals surface area contributed by atoms with Crippen molar-refractivity contribution in [1.82, 2.24) is 10.3 Å². The second kappa shape index (κ2) is 9.90. The molecular weight excluding hydrogens is 372 g/mol.